The lowest BCUT2D eigenvalue weighted by atomic mass is 9.99. The molecule has 0 saturated heterocycles. The van der Waals surface area contributed by atoms with E-state index in [4.69, 9.17) is 14.2 Å². The predicted octanol–water partition coefficient (Wildman–Crippen LogP) is 16.0. The molecule has 0 aromatic carbocycles. The van der Waals surface area contributed by atoms with Crippen LogP contribution in [-0.2, 0) is 28.6 Å². The van der Waals surface area contributed by atoms with Gasteiger partial charge in [-0.15, -0.1) is 0 Å². The Morgan fingerprint density at radius 3 is 0.912 bits per heavy atom. The van der Waals surface area contributed by atoms with Gasteiger partial charge in [0.1, 0.15) is 13.2 Å². The normalized spacial score (nSPS) is 13.1. The van der Waals surface area contributed by atoms with Crippen LogP contribution in [-0.4, -0.2) is 37.2 Å². The molecule has 3 atom stereocenters. The Balaban J connectivity index is 4.35. The minimum Gasteiger partial charge on any atom is -0.462 e. The molecule has 0 aliphatic rings. The van der Waals surface area contributed by atoms with Crippen LogP contribution in [0.1, 0.15) is 273 Å². The van der Waals surface area contributed by atoms with Gasteiger partial charge in [0.2, 0.25) is 0 Å². The summed E-state index contributed by atoms with van der Waals surface area (Å²) in [5.74, 6) is 1.68. The van der Waals surface area contributed by atoms with Crippen LogP contribution in [0.2, 0.25) is 0 Å². The molecular formula is C51H98O6. The van der Waals surface area contributed by atoms with Crippen LogP contribution in [0.15, 0.2) is 0 Å². The number of ether oxygens (including phenoxy) is 3. The molecule has 0 saturated carbocycles. The zero-order chi connectivity index (χ0) is 42.0. The summed E-state index contributed by atoms with van der Waals surface area (Å²) in [4.78, 5) is 37.9. The maximum atomic E-state index is 12.8. The first kappa shape index (κ1) is 55.4. The van der Waals surface area contributed by atoms with Gasteiger partial charge in [-0.2, -0.15) is 0 Å². The van der Waals surface area contributed by atoms with Crippen molar-refractivity contribution in [1.82, 2.24) is 0 Å². The Morgan fingerprint density at radius 2 is 0.614 bits per heavy atom. The Labute approximate surface area is 355 Å². The van der Waals surface area contributed by atoms with Gasteiger partial charge in [-0.05, 0) is 37.0 Å². The number of unbranched alkanes of at least 4 members (excludes halogenated alkanes) is 25. The molecule has 0 bridgehead atoms. The van der Waals surface area contributed by atoms with E-state index >= 15 is 0 Å². The molecule has 0 amide bonds. The summed E-state index contributed by atoms with van der Waals surface area (Å²) in [5, 5.41) is 0. The molecule has 0 N–H and O–H groups in total. The molecule has 6 heteroatoms. The Hall–Kier alpha value is -1.59. The molecule has 0 aliphatic heterocycles. The van der Waals surface area contributed by atoms with E-state index in [1.54, 1.807) is 0 Å². The maximum Gasteiger partial charge on any atom is 0.306 e. The number of esters is 3. The van der Waals surface area contributed by atoms with E-state index in [1.807, 2.05) is 0 Å². The lowest BCUT2D eigenvalue weighted by Gasteiger charge is -2.18. The Bertz CT molecular complexity index is 887. The second-order valence-electron chi connectivity index (χ2n) is 18.4. The summed E-state index contributed by atoms with van der Waals surface area (Å²) in [6, 6.07) is 0. The summed E-state index contributed by atoms with van der Waals surface area (Å²) < 4.78 is 16.8. The molecule has 0 spiro atoms. The van der Waals surface area contributed by atoms with Crippen LogP contribution in [0, 0.1) is 17.8 Å². The molecule has 0 radical (unpaired) electrons. The SMILES string of the molecule is CCC(C)CCCCCCCCCCCCC(=O)OC[C@H](COC(=O)CCCCCCCCCCC(C)CC)OC(=O)CCCCCCCCCCCCC(C)C. The lowest BCUT2D eigenvalue weighted by molar-refractivity contribution is -0.167. The van der Waals surface area contributed by atoms with Gasteiger partial charge >= 0.3 is 17.9 Å². The lowest BCUT2D eigenvalue weighted by Crippen LogP contribution is -2.30. The van der Waals surface area contributed by atoms with Gasteiger partial charge in [-0.3, -0.25) is 14.4 Å². The van der Waals surface area contributed by atoms with Gasteiger partial charge in [0.25, 0.3) is 0 Å². The summed E-state index contributed by atoms with van der Waals surface area (Å²) in [6.45, 7) is 13.7. The summed E-state index contributed by atoms with van der Waals surface area (Å²) in [6.07, 6.45) is 40.7. The number of hydrogen-bond donors (Lipinski definition) is 0. The zero-order valence-electron chi connectivity index (χ0n) is 39.1. The van der Waals surface area contributed by atoms with E-state index in [2.05, 4.69) is 41.5 Å². The average molecular weight is 807 g/mol. The highest BCUT2D eigenvalue weighted by atomic mass is 16.6. The van der Waals surface area contributed by atoms with Crippen molar-refractivity contribution >= 4 is 17.9 Å². The first-order chi connectivity index (χ1) is 27.7. The molecule has 0 aromatic heterocycles. The third kappa shape index (κ3) is 42.3. The van der Waals surface area contributed by atoms with Crippen molar-refractivity contribution in [2.24, 2.45) is 17.8 Å². The van der Waals surface area contributed by atoms with Gasteiger partial charge in [0.05, 0.1) is 0 Å². The number of carbonyl (C=O) groups excluding carboxylic acids is 3. The van der Waals surface area contributed by atoms with E-state index in [9.17, 15) is 14.4 Å². The van der Waals surface area contributed by atoms with Crippen LogP contribution in [0.25, 0.3) is 0 Å². The quantitative estimate of drug-likeness (QED) is 0.0347. The molecule has 2 unspecified atom stereocenters. The maximum absolute atomic E-state index is 12.8. The molecule has 0 heterocycles. The van der Waals surface area contributed by atoms with E-state index in [0.717, 1.165) is 75.5 Å². The summed E-state index contributed by atoms with van der Waals surface area (Å²) in [5.41, 5.74) is 0. The summed E-state index contributed by atoms with van der Waals surface area (Å²) in [7, 11) is 0. The third-order valence-electron chi connectivity index (χ3n) is 12.1. The van der Waals surface area contributed by atoms with Crippen molar-refractivity contribution in [3.63, 3.8) is 0 Å². The van der Waals surface area contributed by atoms with E-state index in [-0.39, 0.29) is 31.1 Å². The van der Waals surface area contributed by atoms with Crippen molar-refractivity contribution in [3.05, 3.63) is 0 Å². The van der Waals surface area contributed by atoms with Gasteiger partial charge in [-0.1, -0.05) is 234 Å². The minimum absolute atomic E-state index is 0.0654. The monoisotopic (exact) mass is 807 g/mol. The van der Waals surface area contributed by atoms with Gasteiger partial charge in [-0.25, -0.2) is 0 Å². The van der Waals surface area contributed by atoms with E-state index in [1.165, 1.54) is 154 Å². The molecule has 338 valence electrons. The number of rotatable bonds is 44. The van der Waals surface area contributed by atoms with Crippen molar-refractivity contribution in [2.75, 3.05) is 13.2 Å². The zero-order valence-corrected chi connectivity index (χ0v) is 39.1. The van der Waals surface area contributed by atoms with Gasteiger partial charge < -0.3 is 14.2 Å². The molecule has 6 nitrogen and oxygen atoms in total. The highest BCUT2D eigenvalue weighted by Gasteiger charge is 2.19. The van der Waals surface area contributed by atoms with Crippen LogP contribution in [0.5, 0.6) is 0 Å². The Morgan fingerprint density at radius 1 is 0.351 bits per heavy atom. The van der Waals surface area contributed by atoms with Gasteiger partial charge in [0.15, 0.2) is 6.10 Å². The third-order valence-corrected chi connectivity index (χ3v) is 12.1. The largest absolute Gasteiger partial charge is 0.462 e. The van der Waals surface area contributed by atoms with Crippen molar-refractivity contribution < 1.29 is 28.6 Å². The average Bonchev–Trinajstić information content (AvgIpc) is 3.19. The first-order valence-corrected chi connectivity index (χ1v) is 25.2. The fraction of sp³-hybridized carbons (Fsp3) is 0.941. The van der Waals surface area contributed by atoms with Crippen molar-refractivity contribution in [3.8, 4) is 0 Å². The van der Waals surface area contributed by atoms with E-state index in [0.29, 0.717) is 19.3 Å². The molecule has 0 rings (SSSR count). The number of hydrogen-bond acceptors (Lipinski definition) is 6. The molecule has 0 aliphatic carbocycles. The topological polar surface area (TPSA) is 78.9 Å². The summed E-state index contributed by atoms with van der Waals surface area (Å²) >= 11 is 0. The van der Waals surface area contributed by atoms with Crippen molar-refractivity contribution in [1.29, 1.82) is 0 Å². The minimum atomic E-state index is -0.763. The molecule has 57 heavy (non-hydrogen) atoms. The Kier molecular flexibility index (Phi) is 41.3. The fourth-order valence-corrected chi connectivity index (χ4v) is 7.52. The first-order valence-electron chi connectivity index (χ1n) is 25.2. The fourth-order valence-electron chi connectivity index (χ4n) is 7.52. The highest BCUT2D eigenvalue weighted by molar-refractivity contribution is 5.71. The molecular weight excluding hydrogens is 709 g/mol. The number of carbonyl (C=O) groups is 3. The standard InChI is InChI=1S/C51H98O6/c1-7-46(5)38-32-26-20-14-10-12-15-22-28-34-40-49(52)55-43-48(44-56-50(53)41-35-29-23-18-17-21-27-33-39-47(6)8-2)57-51(54)42-36-30-24-16-11-9-13-19-25-31-37-45(3)4/h45-48H,7-44H2,1-6H3/t46?,47?,48-/m1/s1. The second-order valence-corrected chi connectivity index (χ2v) is 18.4. The van der Waals surface area contributed by atoms with Crippen LogP contribution < -0.4 is 0 Å². The highest BCUT2D eigenvalue weighted by Crippen LogP contribution is 2.18. The smallest absolute Gasteiger partial charge is 0.306 e. The van der Waals surface area contributed by atoms with Crippen LogP contribution in [0.4, 0.5) is 0 Å². The van der Waals surface area contributed by atoms with E-state index < -0.39 is 6.10 Å². The predicted molar refractivity (Wildman–Crippen MR) is 243 cm³/mol. The van der Waals surface area contributed by atoms with Crippen molar-refractivity contribution in [2.45, 2.75) is 279 Å². The van der Waals surface area contributed by atoms with Gasteiger partial charge in [0, 0.05) is 19.3 Å². The van der Waals surface area contributed by atoms with Crippen LogP contribution in [0.3, 0.4) is 0 Å². The second kappa shape index (κ2) is 42.5. The molecule has 0 fully saturated rings. The molecule has 0 aromatic rings. The van der Waals surface area contributed by atoms with Crippen LogP contribution >= 0.6 is 0 Å².